The summed E-state index contributed by atoms with van der Waals surface area (Å²) in [4.78, 5) is 13.1. The van der Waals surface area contributed by atoms with Gasteiger partial charge in [0.2, 0.25) is 0 Å². The molecule has 8 nitrogen and oxygen atoms in total. The molecule has 8 heteroatoms. The van der Waals surface area contributed by atoms with E-state index in [9.17, 15) is 4.79 Å². The van der Waals surface area contributed by atoms with E-state index in [1.807, 2.05) is 47.4 Å². The maximum atomic E-state index is 13.1. The van der Waals surface area contributed by atoms with Crippen molar-refractivity contribution in [1.29, 1.82) is 0 Å². The van der Waals surface area contributed by atoms with E-state index in [1.165, 1.54) is 32.1 Å². The average molecular weight is 461 g/mol. The molecule has 1 saturated carbocycles. The van der Waals surface area contributed by atoms with Crippen LogP contribution >= 0.6 is 0 Å². The second kappa shape index (κ2) is 10.2. The number of ether oxygens (including phenoxy) is 1. The highest BCUT2D eigenvalue weighted by atomic mass is 16.5. The summed E-state index contributed by atoms with van der Waals surface area (Å²) in [6, 6.07) is 9.69. The van der Waals surface area contributed by atoms with Crippen LogP contribution in [0.1, 0.15) is 57.6 Å². The Morgan fingerprint density at radius 1 is 1.09 bits per heavy atom. The lowest BCUT2D eigenvalue weighted by molar-refractivity contribution is 0.305. The molecule has 5 rings (SSSR count). The fraction of sp³-hybridized carbons (Fsp3) is 0.462. The van der Waals surface area contributed by atoms with Gasteiger partial charge in [0.1, 0.15) is 17.0 Å². The molecule has 3 aromatic heterocycles. The Morgan fingerprint density at radius 2 is 1.91 bits per heavy atom. The highest BCUT2D eigenvalue weighted by Gasteiger charge is 2.15. The first-order chi connectivity index (χ1) is 16.7. The molecule has 0 aliphatic heterocycles. The van der Waals surface area contributed by atoms with Crippen LogP contribution in [0.5, 0.6) is 5.75 Å². The first-order valence-corrected chi connectivity index (χ1v) is 12.4. The van der Waals surface area contributed by atoms with E-state index in [4.69, 9.17) is 4.74 Å². The summed E-state index contributed by atoms with van der Waals surface area (Å²) in [5.74, 6) is 1.53. The quantitative estimate of drug-likeness (QED) is 0.342. The lowest BCUT2D eigenvalue weighted by Crippen LogP contribution is -2.22. The number of aromatic nitrogens is 6. The topological polar surface area (TPSA) is 79.2 Å². The molecule has 3 heterocycles. The van der Waals surface area contributed by atoms with Gasteiger partial charge in [0.15, 0.2) is 0 Å². The van der Waals surface area contributed by atoms with Gasteiger partial charge in [-0.15, -0.1) is 5.10 Å². The molecular weight excluding hydrogens is 428 g/mol. The zero-order valence-electron chi connectivity index (χ0n) is 19.8. The maximum absolute atomic E-state index is 13.1. The predicted molar refractivity (Wildman–Crippen MR) is 131 cm³/mol. The van der Waals surface area contributed by atoms with Crippen LogP contribution in [-0.2, 0) is 13.1 Å². The van der Waals surface area contributed by atoms with E-state index in [2.05, 4.69) is 22.3 Å². The summed E-state index contributed by atoms with van der Waals surface area (Å²) < 4.78 is 11.0. The lowest BCUT2D eigenvalue weighted by Gasteiger charge is -2.20. The van der Waals surface area contributed by atoms with E-state index >= 15 is 0 Å². The number of hydrogen-bond donors (Lipinski definition) is 0. The fourth-order valence-electron chi connectivity index (χ4n) is 4.66. The molecule has 1 aliphatic carbocycles. The summed E-state index contributed by atoms with van der Waals surface area (Å²) in [5, 5.41) is 13.2. The molecule has 178 valence electrons. The van der Waals surface area contributed by atoms with Gasteiger partial charge in [0, 0.05) is 24.5 Å². The molecule has 0 saturated heterocycles. The minimum absolute atomic E-state index is 0.0948. The minimum atomic E-state index is -0.0948. The normalized spacial score (nSPS) is 14.6. The van der Waals surface area contributed by atoms with Gasteiger partial charge < -0.3 is 9.30 Å². The highest BCUT2D eigenvalue weighted by molar-refractivity contribution is 5.66. The van der Waals surface area contributed by atoms with Crippen LogP contribution in [0.2, 0.25) is 0 Å². The third kappa shape index (κ3) is 5.05. The van der Waals surface area contributed by atoms with Crippen molar-refractivity contribution in [2.24, 2.45) is 5.92 Å². The summed E-state index contributed by atoms with van der Waals surface area (Å²) in [7, 11) is 0. The second-order valence-electron chi connectivity index (χ2n) is 9.25. The monoisotopic (exact) mass is 460 g/mol. The zero-order valence-corrected chi connectivity index (χ0v) is 19.8. The van der Waals surface area contributed by atoms with Crippen molar-refractivity contribution in [3.05, 3.63) is 65.0 Å². The van der Waals surface area contributed by atoms with E-state index in [-0.39, 0.29) is 5.56 Å². The molecule has 0 radical (unpaired) electrons. The largest absolute Gasteiger partial charge is 0.494 e. The molecule has 0 unspecified atom stereocenters. The van der Waals surface area contributed by atoms with Crippen molar-refractivity contribution in [3.8, 4) is 17.0 Å². The van der Waals surface area contributed by atoms with Crippen molar-refractivity contribution >= 4 is 5.52 Å². The third-order valence-electron chi connectivity index (χ3n) is 6.61. The Balaban J connectivity index is 1.30. The van der Waals surface area contributed by atoms with Crippen LogP contribution in [-0.4, -0.2) is 35.8 Å². The molecule has 0 N–H and O–H groups in total. The van der Waals surface area contributed by atoms with Crippen molar-refractivity contribution < 1.29 is 4.74 Å². The van der Waals surface area contributed by atoms with Gasteiger partial charge in [0.05, 0.1) is 25.0 Å². The summed E-state index contributed by atoms with van der Waals surface area (Å²) in [6.45, 7) is 4.17. The van der Waals surface area contributed by atoms with Gasteiger partial charge in [-0.3, -0.25) is 9.48 Å². The smallest absolute Gasteiger partial charge is 0.276 e. The Labute approximate surface area is 199 Å². The Bertz CT molecular complexity index is 1280. The molecule has 1 fully saturated rings. The molecule has 1 aromatic carbocycles. The number of benzene rings is 1. The van der Waals surface area contributed by atoms with Crippen LogP contribution in [0.3, 0.4) is 0 Å². The number of fused-ring (bicyclic) bond motifs is 1. The Morgan fingerprint density at radius 3 is 2.71 bits per heavy atom. The van der Waals surface area contributed by atoms with Crippen LogP contribution in [0.4, 0.5) is 0 Å². The van der Waals surface area contributed by atoms with E-state index in [0.29, 0.717) is 18.0 Å². The summed E-state index contributed by atoms with van der Waals surface area (Å²) in [5.41, 5.74) is 2.94. The van der Waals surface area contributed by atoms with Crippen molar-refractivity contribution in [2.75, 3.05) is 6.61 Å². The molecule has 0 spiro atoms. The maximum Gasteiger partial charge on any atom is 0.276 e. The van der Waals surface area contributed by atoms with Gasteiger partial charge in [-0.1, -0.05) is 37.8 Å². The summed E-state index contributed by atoms with van der Waals surface area (Å²) >= 11 is 0. The van der Waals surface area contributed by atoms with Crippen LogP contribution in [0, 0.1) is 5.92 Å². The van der Waals surface area contributed by atoms with E-state index in [0.717, 1.165) is 48.7 Å². The van der Waals surface area contributed by atoms with Gasteiger partial charge in [-0.2, -0.15) is 5.10 Å². The van der Waals surface area contributed by atoms with Crippen LogP contribution < -0.4 is 10.3 Å². The highest BCUT2D eigenvalue weighted by Crippen LogP contribution is 2.25. The number of nitrogens with zero attached hydrogens (tertiary/aromatic N) is 6. The van der Waals surface area contributed by atoms with Crippen molar-refractivity contribution in [1.82, 2.24) is 29.2 Å². The third-order valence-corrected chi connectivity index (χ3v) is 6.61. The van der Waals surface area contributed by atoms with Crippen LogP contribution in [0.25, 0.3) is 16.8 Å². The predicted octanol–water partition coefficient (Wildman–Crippen LogP) is 4.56. The molecule has 1 aliphatic rings. The van der Waals surface area contributed by atoms with E-state index < -0.39 is 0 Å². The fourth-order valence-corrected chi connectivity index (χ4v) is 4.66. The average Bonchev–Trinajstić information content (AvgIpc) is 3.50. The number of unbranched alkanes of at least 4 members (excludes halogenated alkanes) is 1. The Hall–Kier alpha value is -3.42. The van der Waals surface area contributed by atoms with Gasteiger partial charge in [-0.05, 0) is 55.5 Å². The van der Waals surface area contributed by atoms with Gasteiger partial charge >= 0.3 is 0 Å². The van der Waals surface area contributed by atoms with Crippen molar-refractivity contribution in [3.63, 3.8) is 0 Å². The van der Waals surface area contributed by atoms with Crippen molar-refractivity contribution in [2.45, 2.75) is 65.0 Å². The molecule has 0 atom stereocenters. The SMILES string of the molecule is CCCCOc1ccc(-c2cc3c(=O)n(Cc4cn(CC5CCCCC5)nn4)ccn3n2)cc1. The molecule has 0 bridgehead atoms. The molecule has 4 aromatic rings. The van der Waals surface area contributed by atoms with Crippen LogP contribution in [0.15, 0.2) is 53.7 Å². The summed E-state index contributed by atoms with van der Waals surface area (Å²) in [6.07, 6.45) is 14.2. The Kier molecular flexibility index (Phi) is 6.74. The lowest BCUT2D eigenvalue weighted by atomic mass is 9.89. The minimum Gasteiger partial charge on any atom is -0.494 e. The van der Waals surface area contributed by atoms with Gasteiger partial charge in [-0.25, -0.2) is 4.52 Å². The van der Waals surface area contributed by atoms with E-state index in [1.54, 1.807) is 15.3 Å². The number of hydrogen-bond acceptors (Lipinski definition) is 5. The molecule has 0 amide bonds. The zero-order chi connectivity index (χ0) is 23.3. The standard InChI is InChI=1S/C26H32N6O2/c1-2-3-15-34-23-11-9-21(10-12-23)24-16-25-26(33)30(13-14-32(25)28-24)18-22-19-31(29-27-22)17-20-7-5-4-6-8-20/h9-14,16,19-20H,2-8,15,17-18H2,1H3. The first-order valence-electron chi connectivity index (χ1n) is 12.4. The van der Waals surface area contributed by atoms with Gasteiger partial charge in [0.25, 0.3) is 5.56 Å². The molecular formula is C26H32N6O2. The second-order valence-corrected chi connectivity index (χ2v) is 9.25. The first kappa shape index (κ1) is 22.4. The number of rotatable bonds is 9. The molecule has 34 heavy (non-hydrogen) atoms.